The summed E-state index contributed by atoms with van der Waals surface area (Å²) in [4.78, 5) is 0. The molecule has 14 heavy (non-hydrogen) atoms. The molecule has 3 nitrogen and oxygen atoms in total. The van der Waals surface area contributed by atoms with E-state index in [-0.39, 0.29) is 13.3 Å². The van der Waals surface area contributed by atoms with E-state index in [1.165, 1.54) is 0 Å². The summed E-state index contributed by atoms with van der Waals surface area (Å²) in [7, 11) is 0. The Labute approximate surface area is 80.9 Å². The van der Waals surface area contributed by atoms with Crippen molar-refractivity contribution in [2.75, 3.05) is 13.3 Å². The molecule has 0 saturated heterocycles. The molecule has 0 saturated carbocycles. The molecule has 0 spiro atoms. The number of nitrogens with two attached hydrogens (primary N) is 1. The summed E-state index contributed by atoms with van der Waals surface area (Å²) < 4.78 is 22.7. The molecule has 1 aliphatic rings. The predicted molar refractivity (Wildman–Crippen MR) is 50.7 cm³/mol. The Balaban J connectivity index is 2.37. The minimum absolute atomic E-state index is 0.163. The zero-order valence-electron chi connectivity index (χ0n) is 7.50. The van der Waals surface area contributed by atoms with Crippen molar-refractivity contribution < 1.29 is 13.9 Å². The maximum atomic E-state index is 12.4. The van der Waals surface area contributed by atoms with Crippen molar-refractivity contribution in [3.05, 3.63) is 30.1 Å². The monoisotopic (exact) mass is 195 g/mol. The van der Waals surface area contributed by atoms with Crippen LogP contribution in [-0.2, 0) is 0 Å². The Hall–Kier alpha value is -1.55. The van der Waals surface area contributed by atoms with Crippen LogP contribution in [-0.4, -0.2) is 13.3 Å². The third-order valence-electron chi connectivity index (χ3n) is 2.09. The second kappa shape index (κ2) is 3.67. The van der Waals surface area contributed by atoms with Gasteiger partial charge in [-0.3, -0.25) is 0 Å². The number of rotatable bonds is 2. The molecule has 0 bridgehead atoms. The fraction of sp³-hybridized carbons (Fsp3) is 0.200. The molecule has 1 aromatic carbocycles. The maximum absolute atomic E-state index is 12.4. The summed E-state index contributed by atoms with van der Waals surface area (Å²) in [6.07, 6.45) is 0.511. The Kier molecular flexibility index (Phi) is 2.37. The molecule has 0 aliphatic carbocycles. The average Bonchev–Trinajstić information content (AvgIpc) is 2.66. The van der Waals surface area contributed by atoms with Gasteiger partial charge in [0.15, 0.2) is 11.5 Å². The Morgan fingerprint density at radius 1 is 1.43 bits per heavy atom. The minimum Gasteiger partial charge on any atom is -0.454 e. The van der Waals surface area contributed by atoms with Crippen molar-refractivity contribution >= 4 is 5.57 Å². The zero-order valence-corrected chi connectivity index (χ0v) is 7.50. The Bertz CT molecular complexity index is 376. The highest BCUT2D eigenvalue weighted by Crippen LogP contribution is 2.34. The third kappa shape index (κ3) is 1.44. The second-order valence-electron chi connectivity index (χ2n) is 2.91. The first-order valence-electron chi connectivity index (χ1n) is 4.24. The van der Waals surface area contributed by atoms with Gasteiger partial charge in [-0.05, 0) is 17.7 Å². The smallest absolute Gasteiger partial charge is 0.231 e. The highest BCUT2D eigenvalue weighted by Gasteiger charge is 2.14. The van der Waals surface area contributed by atoms with Gasteiger partial charge in [0.05, 0.1) is 6.33 Å². The van der Waals surface area contributed by atoms with Crippen LogP contribution < -0.4 is 15.2 Å². The van der Waals surface area contributed by atoms with Crippen molar-refractivity contribution in [2.24, 2.45) is 5.73 Å². The number of hydrogen-bond acceptors (Lipinski definition) is 3. The molecule has 0 atom stereocenters. The second-order valence-corrected chi connectivity index (χ2v) is 2.91. The van der Waals surface area contributed by atoms with Crippen LogP contribution in [0.3, 0.4) is 0 Å². The lowest BCUT2D eigenvalue weighted by molar-refractivity contribution is 0.174. The molecule has 1 aromatic rings. The average molecular weight is 195 g/mol. The standard InChI is InChI=1S/C10H10FNO2/c11-4-8(5-12)7-1-2-9-10(3-7)14-6-13-9/h1-4H,5-6,12H2. The number of hydrogen-bond donors (Lipinski definition) is 1. The van der Waals surface area contributed by atoms with Gasteiger partial charge in [0.25, 0.3) is 0 Å². The summed E-state index contributed by atoms with van der Waals surface area (Å²) in [6, 6.07) is 5.23. The first-order valence-corrected chi connectivity index (χ1v) is 4.24. The molecule has 2 N–H and O–H groups in total. The van der Waals surface area contributed by atoms with Gasteiger partial charge in [-0.25, -0.2) is 4.39 Å². The SMILES string of the molecule is NCC(=CF)c1ccc2c(c1)OCO2. The van der Waals surface area contributed by atoms with Crippen LogP contribution in [0, 0.1) is 0 Å². The molecule has 0 amide bonds. The van der Waals surface area contributed by atoms with Crippen molar-refractivity contribution in [1.82, 2.24) is 0 Å². The van der Waals surface area contributed by atoms with E-state index in [1.807, 2.05) is 0 Å². The van der Waals surface area contributed by atoms with Crippen molar-refractivity contribution in [2.45, 2.75) is 0 Å². The van der Waals surface area contributed by atoms with Gasteiger partial charge in [-0.15, -0.1) is 0 Å². The summed E-state index contributed by atoms with van der Waals surface area (Å²) >= 11 is 0. The normalized spacial score (nSPS) is 14.6. The lowest BCUT2D eigenvalue weighted by Crippen LogP contribution is -2.01. The van der Waals surface area contributed by atoms with Gasteiger partial charge in [0, 0.05) is 12.1 Å². The zero-order chi connectivity index (χ0) is 9.97. The molecule has 0 aromatic heterocycles. The summed E-state index contributed by atoms with van der Waals surface area (Å²) in [5.74, 6) is 1.32. The Morgan fingerprint density at radius 2 is 2.21 bits per heavy atom. The van der Waals surface area contributed by atoms with Gasteiger partial charge < -0.3 is 15.2 Å². The quantitative estimate of drug-likeness (QED) is 0.780. The molecule has 4 heteroatoms. The summed E-state index contributed by atoms with van der Waals surface area (Å²) in [5.41, 5.74) is 6.55. The van der Waals surface area contributed by atoms with Gasteiger partial charge in [0.1, 0.15) is 0 Å². The highest BCUT2D eigenvalue weighted by molar-refractivity contribution is 5.68. The van der Waals surface area contributed by atoms with Crippen LogP contribution >= 0.6 is 0 Å². The summed E-state index contributed by atoms with van der Waals surface area (Å²) in [6.45, 7) is 0.381. The first kappa shape index (κ1) is 9.02. The molecule has 0 unspecified atom stereocenters. The molecular formula is C10H10FNO2. The van der Waals surface area contributed by atoms with E-state index >= 15 is 0 Å². The number of benzene rings is 1. The van der Waals surface area contributed by atoms with E-state index in [2.05, 4.69) is 0 Å². The van der Waals surface area contributed by atoms with Crippen LogP contribution in [0.15, 0.2) is 24.5 Å². The fourth-order valence-corrected chi connectivity index (χ4v) is 1.32. The maximum Gasteiger partial charge on any atom is 0.231 e. The van der Waals surface area contributed by atoms with Crippen LogP contribution in [0.1, 0.15) is 5.56 Å². The van der Waals surface area contributed by atoms with E-state index < -0.39 is 0 Å². The van der Waals surface area contributed by atoms with E-state index in [4.69, 9.17) is 15.2 Å². The first-order chi connectivity index (χ1) is 6.85. The van der Waals surface area contributed by atoms with Crippen molar-refractivity contribution in [3.8, 4) is 11.5 Å². The van der Waals surface area contributed by atoms with Crippen molar-refractivity contribution in [3.63, 3.8) is 0 Å². The fourth-order valence-electron chi connectivity index (χ4n) is 1.32. The predicted octanol–water partition coefficient (Wildman–Crippen LogP) is 1.68. The third-order valence-corrected chi connectivity index (χ3v) is 2.09. The molecule has 1 heterocycles. The molecule has 2 rings (SSSR count). The molecule has 0 fully saturated rings. The van der Waals surface area contributed by atoms with Crippen LogP contribution in [0.4, 0.5) is 4.39 Å². The van der Waals surface area contributed by atoms with Gasteiger partial charge >= 0.3 is 0 Å². The molecule has 0 radical (unpaired) electrons. The van der Waals surface area contributed by atoms with Gasteiger partial charge in [0.2, 0.25) is 6.79 Å². The highest BCUT2D eigenvalue weighted by atomic mass is 19.1. The Morgan fingerprint density at radius 3 is 2.93 bits per heavy atom. The molecule has 74 valence electrons. The van der Waals surface area contributed by atoms with E-state index in [1.54, 1.807) is 18.2 Å². The van der Waals surface area contributed by atoms with Crippen LogP contribution in [0.2, 0.25) is 0 Å². The number of fused-ring (bicyclic) bond motifs is 1. The van der Waals surface area contributed by atoms with Crippen LogP contribution in [0.25, 0.3) is 5.57 Å². The molecule has 1 aliphatic heterocycles. The number of halogens is 1. The lowest BCUT2D eigenvalue weighted by atomic mass is 10.1. The van der Waals surface area contributed by atoms with Gasteiger partial charge in [-0.2, -0.15) is 0 Å². The van der Waals surface area contributed by atoms with E-state index in [9.17, 15) is 4.39 Å². The molecular weight excluding hydrogens is 185 g/mol. The van der Waals surface area contributed by atoms with Crippen molar-refractivity contribution in [1.29, 1.82) is 0 Å². The lowest BCUT2D eigenvalue weighted by Gasteiger charge is -2.03. The number of ether oxygens (including phenoxy) is 2. The minimum atomic E-state index is 0.163. The van der Waals surface area contributed by atoms with Gasteiger partial charge in [-0.1, -0.05) is 6.07 Å². The summed E-state index contributed by atoms with van der Waals surface area (Å²) in [5, 5.41) is 0. The topological polar surface area (TPSA) is 44.5 Å². The van der Waals surface area contributed by atoms with Crippen LogP contribution in [0.5, 0.6) is 11.5 Å². The van der Waals surface area contributed by atoms with E-state index in [0.29, 0.717) is 23.4 Å². The largest absolute Gasteiger partial charge is 0.454 e. The van der Waals surface area contributed by atoms with E-state index in [0.717, 1.165) is 5.56 Å².